The summed E-state index contributed by atoms with van der Waals surface area (Å²) in [7, 11) is 0. The molecule has 0 aliphatic heterocycles. The second-order valence-corrected chi connectivity index (χ2v) is 8.05. The first-order valence-electron chi connectivity index (χ1n) is 9.49. The molecule has 0 saturated carbocycles. The maximum absolute atomic E-state index is 12.9. The third-order valence-electron chi connectivity index (χ3n) is 4.33. The van der Waals surface area contributed by atoms with Gasteiger partial charge >= 0.3 is 0 Å². The number of amides is 1. The van der Waals surface area contributed by atoms with Crippen molar-refractivity contribution >= 4 is 34.3 Å². The largest absolute Gasteiger partial charge is 0.325 e. The molecule has 0 aliphatic rings. The van der Waals surface area contributed by atoms with Crippen molar-refractivity contribution < 1.29 is 4.79 Å². The van der Waals surface area contributed by atoms with Gasteiger partial charge in [-0.05, 0) is 42.2 Å². The third-order valence-corrected chi connectivity index (χ3v) is 5.30. The van der Waals surface area contributed by atoms with E-state index in [2.05, 4.69) is 31.1 Å². The number of nitrogens with one attached hydrogen (secondary N) is 1. The second kappa shape index (κ2) is 9.06. The van der Waals surface area contributed by atoms with Gasteiger partial charge in [-0.25, -0.2) is 4.98 Å². The molecule has 0 bridgehead atoms. The Hall–Kier alpha value is -2.60. The van der Waals surface area contributed by atoms with Gasteiger partial charge in [-0.2, -0.15) is 0 Å². The van der Waals surface area contributed by atoms with E-state index < -0.39 is 0 Å². The summed E-state index contributed by atoms with van der Waals surface area (Å²) >= 11 is 1.30. The fraction of sp³-hybridized carbons (Fsp3) is 0.318. The predicted molar refractivity (Wildman–Crippen MR) is 116 cm³/mol. The molecule has 0 aliphatic carbocycles. The SMILES string of the molecule is CCc1cccc(NC(=O)CSc2nc3ccccc3c(=O)n2CC(C)C)c1. The van der Waals surface area contributed by atoms with Crippen LogP contribution in [0.15, 0.2) is 58.5 Å². The summed E-state index contributed by atoms with van der Waals surface area (Å²) in [4.78, 5) is 30.0. The monoisotopic (exact) mass is 395 g/mol. The van der Waals surface area contributed by atoms with Crippen molar-refractivity contribution in [3.63, 3.8) is 0 Å². The van der Waals surface area contributed by atoms with E-state index in [9.17, 15) is 9.59 Å². The van der Waals surface area contributed by atoms with Gasteiger partial charge in [0, 0.05) is 12.2 Å². The molecule has 5 nitrogen and oxygen atoms in total. The van der Waals surface area contributed by atoms with Crippen LogP contribution < -0.4 is 10.9 Å². The molecule has 0 fully saturated rings. The van der Waals surface area contributed by atoms with Gasteiger partial charge in [0.2, 0.25) is 5.91 Å². The van der Waals surface area contributed by atoms with E-state index in [-0.39, 0.29) is 17.2 Å². The van der Waals surface area contributed by atoms with E-state index in [0.29, 0.717) is 28.5 Å². The minimum atomic E-state index is -0.114. The normalized spacial score (nSPS) is 11.1. The number of benzene rings is 2. The molecule has 146 valence electrons. The number of para-hydroxylation sites is 1. The Morgan fingerprint density at radius 3 is 2.71 bits per heavy atom. The van der Waals surface area contributed by atoms with Crippen molar-refractivity contribution in [2.24, 2.45) is 5.92 Å². The summed E-state index contributed by atoms with van der Waals surface area (Å²) in [5.74, 6) is 0.376. The Balaban J connectivity index is 1.80. The van der Waals surface area contributed by atoms with Crippen LogP contribution in [0.1, 0.15) is 26.3 Å². The van der Waals surface area contributed by atoms with Crippen LogP contribution in [0, 0.1) is 5.92 Å². The summed E-state index contributed by atoms with van der Waals surface area (Å²) in [6, 6.07) is 15.2. The molecule has 3 rings (SSSR count). The van der Waals surface area contributed by atoms with Crippen LogP contribution in [0.4, 0.5) is 5.69 Å². The second-order valence-electron chi connectivity index (χ2n) is 7.11. The Morgan fingerprint density at radius 1 is 1.18 bits per heavy atom. The number of hydrogen-bond donors (Lipinski definition) is 1. The summed E-state index contributed by atoms with van der Waals surface area (Å²) < 4.78 is 1.68. The standard InChI is InChI=1S/C22H25N3O2S/c1-4-16-8-7-9-17(12-16)23-20(26)14-28-22-24-19-11-6-5-10-18(19)21(27)25(22)13-15(2)3/h5-12,15H,4,13-14H2,1-3H3,(H,23,26). The van der Waals surface area contributed by atoms with E-state index in [1.54, 1.807) is 10.6 Å². The number of fused-ring (bicyclic) bond motifs is 1. The number of aromatic nitrogens is 2. The average molecular weight is 396 g/mol. The lowest BCUT2D eigenvalue weighted by molar-refractivity contribution is -0.113. The van der Waals surface area contributed by atoms with Crippen LogP contribution in [0.3, 0.4) is 0 Å². The zero-order chi connectivity index (χ0) is 20.1. The van der Waals surface area contributed by atoms with Crippen molar-refractivity contribution in [3.8, 4) is 0 Å². The molecule has 1 heterocycles. The molecule has 0 atom stereocenters. The van der Waals surface area contributed by atoms with Crippen LogP contribution in [0.5, 0.6) is 0 Å². The predicted octanol–water partition coefficient (Wildman–Crippen LogP) is 4.35. The Labute approximate surface area is 169 Å². The van der Waals surface area contributed by atoms with E-state index in [1.807, 2.05) is 42.5 Å². The lowest BCUT2D eigenvalue weighted by Gasteiger charge is -2.15. The summed E-state index contributed by atoms with van der Waals surface area (Å²) in [5, 5.41) is 4.11. The van der Waals surface area contributed by atoms with Gasteiger partial charge in [0.25, 0.3) is 5.56 Å². The van der Waals surface area contributed by atoms with Crippen molar-refractivity contribution in [1.82, 2.24) is 9.55 Å². The van der Waals surface area contributed by atoms with Gasteiger partial charge in [-0.3, -0.25) is 14.2 Å². The molecule has 2 aromatic carbocycles. The van der Waals surface area contributed by atoms with Crippen molar-refractivity contribution in [3.05, 3.63) is 64.4 Å². The van der Waals surface area contributed by atoms with E-state index in [1.165, 1.54) is 17.3 Å². The first-order valence-corrected chi connectivity index (χ1v) is 10.5. The van der Waals surface area contributed by atoms with Crippen molar-refractivity contribution in [2.75, 3.05) is 11.1 Å². The lowest BCUT2D eigenvalue weighted by Crippen LogP contribution is -2.26. The molecular formula is C22H25N3O2S. The Bertz CT molecular complexity index is 1040. The highest BCUT2D eigenvalue weighted by Gasteiger charge is 2.14. The molecule has 3 aromatic rings. The quantitative estimate of drug-likeness (QED) is 0.477. The minimum absolute atomic E-state index is 0.0575. The highest BCUT2D eigenvalue weighted by atomic mass is 32.2. The zero-order valence-corrected chi connectivity index (χ0v) is 17.3. The lowest BCUT2D eigenvalue weighted by atomic mass is 10.1. The van der Waals surface area contributed by atoms with Crippen LogP contribution in [-0.2, 0) is 17.8 Å². The highest BCUT2D eigenvalue weighted by molar-refractivity contribution is 7.99. The molecule has 6 heteroatoms. The molecule has 1 N–H and O–H groups in total. The number of carbonyl (C=O) groups excluding carboxylic acids is 1. The van der Waals surface area contributed by atoms with Crippen LogP contribution in [0.2, 0.25) is 0 Å². The minimum Gasteiger partial charge on any atom is -0.325 e. The molecule has 0 spiro atoms. The number of nitrogens with zero attached hydrogens (tertiary/aromatic N) is 2. The Kier molecular flexibility index (Phi) is 6.52. The van der Waals surface area contributed by atoms with Gasteiger partial charge in [0.1, 0.15) is 0 Å². The molecule has 0 radical (unpaired) electrons. The highest BCUT2D eigenvalue weighted by Crippen LogP contribution is 2.19. The molecule has 0 unspecified atom stereocenters. The number of carbonyl (C=O) groups is 1. The number of anilines is 1. The first-order chi connectivity index (χ1) is 13.5. The van der Waals surface area contributed by atoms with Crippen molar-refractivity contribution in [2.45, 2.75) is 38.9 Å². The molecule has 28 heavy (non-hydrogen) atoms. The van der Waals surface area contributed by atoms with Gasteiger partial charge in [-0.15, -0.1) is 0 Å². The van der Waals surface area contributed by atoms with E-state index in [0.717, 1.165) is 12.1 Å². The fourth-order valence-corrected chi connectivity index (χ4v) is 3.79. The van der Waals surface area contributed by atoms with Gasteiger partial charge in [0.15, 0.2) is 5.16 Å². The molecule has 1 aromatic heterocycles. The van der Waals surface area contributed by atoms with Gasteiger partial charge < -0.3 is 5.32 Å². The van der Waals surface area contributed by atoms with Crippen molar-refractivity contribution in [1.29, 1.82) is 0 Å². The summed E-state index contributed by atoms with van der Waals surface area (Å²) in [5.41, 5.74) is 2.56. The van der Waals surface area contributed by atoms with E-state index >= 15 is 0 Å². The van der Waals surface area contributed by atoms with Gasteiger partial charge in [0.05, 0.1) is 16.7 Å². The van der Waals surface area contributed by atoms with E-state index in [4.69, 9.17) is 0 Å². The third kappa shape index (κ3) is 4.81. The number of thioether (sulfide) groups is 1. The number of hydrogen-bond acceptors (Lipinski definition) is 4. The fourth-order valence-electron chi connectivity index (χ4n) is 2.98. The first kappa shape index (κ1) is 20.1. The van der Waals surface area contributed by atoms with Gasteiger partial charge in [-0.1, -0.05) is 56.8 Å². The summed E-state index contributed by atoms with van der Waals surface area (Å²) in [6.45, 7) is 6.77. The Morgan fingerprint density at radius 2 is 1.96 bits per heavy atom. The number of aryl methyl sites for hydroxylation is 1. The summed E-state index contributed by atoms with van der Waals surface area (Å²) in [6.07, 6.45) is 0.918. The zero-order valence-electron chi connectivity index (χ0n) is 16.4. The molecule has 0 saturated heterocycles. The average Bonchev–Trinajstić information content (AvgIpc) is 2.68. The van der Waals surface area contributed by atoms with Crippen LogP contribution >= 0.6 is 11.8 Å². The maximum Gasteiger partial charge on any atom is 0.262 e. The molecule has 1 amide bonds. The maximum atomic E-state index is 12.9. The number of rotatable bonds is 7. The van der Waals surface area contributed by atoms with Crippen LogP contribution in [-0.4, -0.2) is 21.2 Å². The smallest absolute Gasteiger partial charge is 0.262 e. The topological polar surface area (TPSA) is 64.0 Å². The van der Waals surface area contributed by atoms with Crippen LogP contribution in [0.25, 0.3) is 10.9 Å². The molecular weight excluding hydrogens is 370 g/mol.